The van der Waals surface area contributed by atoms with Crippen LogP contribution in [0.3, 0.4) is 0 Å². The van der Waals surface area contributed by atoms with Crippen molar-refractivity contribution in [1.82, 2.24) is 20.4 Å². The minimum absolute atomic E-state index is 0.0918. The number of aromatic nitrogens is 3. The first-order valence-corrected chi connectivity index (χ1v) is 10.1. The molecule has 7 nitrogen and oxygen atoms in total. The number of hydrogen-bond donors (Lipinski definition) is 1. The van der Waals surface area contributed by atoms with Crippen molar-refractivity contribution in [2.75, 3.05) is 6.54 Å². The van der Waals surface area contributed by atoms with Crippen LogP contribution < -0.4 is 5.32 Å². The Labute approximate surface area is 178 Å². The number of nitrogens with one attached hydrogen (secondary N) is 1. The summed E-state index contributed by atoms with van der Waals surface area (Å²) in [5.74, 6) is 0.275. The van der Waals surface area contributed by atoms with Gasteiger partial charge in [0, 0.05) is 12.1 Å². The van der Waals surface area contributed by atoms with Crippen molar-refractivity contribution in [2.24, 2.45) is 0 Å². The van der Waals surface area contributed by atoms with Crippen LogP contribution in [0.25, 0.3) is 33.5 Å². The van der Waals surface area contributed by atoms with Gasteiger partial charge >= 0.3 is 0 Å². The van der Waals surface area contributed by atoms with E-state index in [-0.39, 0.29) is 11.8 Å². The van der Waals surface area contributed by atoms with Crippen LogP contribution in [-0.2, 0) is 0 Å². The molecule has 1 amide bonds. The molecule has 1 N–H and O–H groups in total. The summed E-state index contributed by atoms with van der Waals surface area (Å²) < 4.78 is 11.2. The molecule has 0 aliphatic carbocycles. The minimum atomic E-state index is -0.223. The van der Waals surface area contributed by atoms with E-state index in [0.29, 0.717) is 40.5 Å². The number of aryl methyl sites for hydroxylation is 1. The maximum Gasteiger partial charge on any atom is 0.259 e. The van der Waals surface area contributed by atoms with E-state index in [9.17, 15) is 4.79 Å². The molecule has 2 aromatic carbocycles. The quantitative estimate of drug-likeness (QED) is 0.442. The number of rotatable bonds is 5. The third kappa shape index (κ3) is 3.54. The van der Waals surface area contributed by atoms with Crippen LogP contribution in [0, 0.1) is 6.92 Å². The van der Waals surface area contributed by atoms with E-state index in [0.717, 1.165) is 16.7 Å². The van der Waals surface area contributed by atoms with E-state index in [4.69, 9.17) is 8.94 Å². The first-order valence-electron chi connectivity index (χ1n) is 10.1. The van der Waals surface area contributed by atoms with Crippen LogP contribution in [0.4, 0.5) is 0 Å². The van der Waals surface area contributed by atoms with Gasteiger partial charge in [-0.1, -0.05) is 54.5 Å². The van der Waals surface area contributed by atoms with E-state index in [1.54, 1.807) is 13.0 Å². The summed E-state index contributed by atoms with van der Waals surface area (Å²) in [6, 6.07) is 19.0. The van der Waals surface area contributed by atoms with Gasteiger partial charge in [-0.25, -0.2) is 9.97 Å². The van der Waals surface area contributed by atoms with Crippen molar-refractivity contribution in [3.05, 3.63) is 77.8 Å². The van der Waals surface area contributed by atoms with E-state index in [1.807, 2.05) is 61.5 Å². The van der Waals surface area contributed by atoms with Gasteiger partial charge in [0.05, 0.1) is 28.3 Å². The van der Waals surface area contributed by atoms with Crippen LogP contribution in [0.1, 0.15) is 34.8 Å². The number of oxazole rings is 1. The lowest BCUT2D eigenvalue weighted by Gasteiger charge is -2.11. The Morgan fingerprint density at radius 3 is 2.65 bits per heavy atom. The van der Waals surface area contributed by atoms with Crippen molar-refractivity contribution in [1.29, 1.82) is 0 Å². The van der Waals surface area contributed by atoms with Crippen LogP contribution in [0.2, 0.25) is 0 Å². The molecule has 7 heteroatoms. The lowest BCUT2D eigenvalue weighted by atomic mass is 10.0. The summed E-state index contributed by atoms with van der Waals surface area (Å²) in [6.07, 6.45) is 0. The summed E-state index contributed by atoms with van der Waals surface area (Å²) in [5.41, 5.74) is 4.54. The van der Waals surface area contributed by atoms with Gasteiger partial charge in [0.1, 0.15) is 5.52 Å². The van der Waals surface area contributed by atoms with Gasteiger partial charge in [0.25, 0.3) is 11.6 Å². The molecule has 1 unspecified atom stereocenters. The van der Waals surface area contributed by atoms with Crippen LogP contribution in [0.5, 0.6) is 0 Å². The molecular formula is C24H20N4O3. The average Bonchev–Trinajstić information content (AvgIpc) is 3.41. The molecule has 0 saturated carbocycles. The second-order valence-electron chi connectivity index (χ2n) is 7.50. The molecule has 0 fully saturated rings. The smallest absolute Gasteiger partial charge is 0.259 e. The third-order valence-electron chi connectivity index (χ3n) is 5.23. The van der Waals surface area contributed by atoms with Gasteiger partial charge in [-0.3, -0.25) is 4.79 Å². The molecule has 5 aromatic rings. The van der Waals surface area contributed by atoms with Crippen molar-refractivity contribution < 1.29 is 13.7 Å². The van der Waals surface area contributed by atoms with Crippen LogP contribution in [-0.4, -0.2) is 27.6 Å². The predicted octanol–water partition coefficient (Wildman–Crippen LogP) is 4.87. The highest BCUT2D eigenvalue weighted by molar-refractivity contribution is 6.07. The Hall–Kier alpha value is -4.00. The van der Waals surface area contributed by atoms with Crippen LogP contribution >= 0.6 is 0 Å². The topological polar surface area (TPSA) is 94.0 Å². The Morgan fingerprint density at radius 1 is 1.06 bits per heavy atom. The highest BCUT2D eigenvalue weighted by Crippen LogP contribution is 2.27. The van der Waals surface area contributed by atoms with E-state index < -0.39 is 0 Å². The van der Waals surface area contributed by atoms with E-state index >= 15 is 0 Å². The molecule has 0 saturated heterocycles. The van der Waals surface area contributed by atoms with Crippen LogP contribution in [0.15, 0.2) is 69.6 Å². The molecule has 1 atom stereocenters. The molecule has 0 aliphatic rings. The van der Waals surface area contributed by atoms with E-state index in [2.05, 4.69) is 20.4 Å². The Kier molecular flexibility index (Phi) is 4.71. The number of fused-ring (bicyclic) bond motifs is 2. The van der Waals surface area contributed by atoms with E-state index in [1.165, 1.54) is 0 Å². The molecule has 0 radical (unpaired) electrons. The fraction of sp³-hybridized carbons (Fsp3) is 0.167. The van der Waals surface area contributed by atoms with Gasteiger partial charge in [-0.2, -0.15) is 0 Å². The zero-order chi connectivity index (χ0) is 21.4. The Balaban J connectivity index is 1.43. The normalized spacial score (nSPS) is 12.3. The molecule has 0 bridgehead atoms. The van der Waals surface area contributed by atoms with Gasteiger partial charge in [0.2, 0.25) is 0 Å². The number of pyridine rings is 1. The van der Waals surface area contributed by atoms with Gasteiger partial charge in [-0.15, -0.1) is 0 Å². The maximum atomic E-state index is 13.1. The molecule has 31 heavy (non-hydrogen) atoms. The number of hydrogen-bond acceptors (Lipinski definition) is 6. The molecular weight excluding hydrogens is 392 g/mol. The zero-order valence-corrected chi connectivity index (χ0v) is 17.1. The van der Waals surface area contributed by atoms with Gasteiger partial charge < -0.3 is 14.3 Å². The summed E-state index contributed by atoms with van der Waals surface area (Å²) in [6.45, 7) is 4.14. The lowest BCUT2D eigenvalue weighted by molar-refractivity contribution is 0.0952. The molecule has 3 heterocycles. The SMILES string of the molecule is Cc1noc2nc(-c3ccccc3)cc(C(=O)NCC(C)c3nc4ccccc4o3)c12. The summed E-state index contributed by atoms with van der Waals surface area (Å²) in [4.78, 5) is 22.2. The number of nitrogens with zero attached hydrogens (tertiary/aromatic N) is 3. The number of carbonyl (C=O) groups excluding carboxylic acids is 1. The molecule has 154 valence electrons. The molecule has 0 spiro atoms. The average molecular weight is 412 g/mol. The Bertz CT molecular complexity index is 1360. The lowest BCUT2D eigenvalue weighted by Crippen LogP contribution is -2.28. The van der Waals surface area contributed by atoms with Gasteiger partial charge in [-0.05, 0) is 25.1 Å². The second kappa shape index (κ2) is 7.68. The monoisotopic (exact) mass is 412 g/mol. The maximum absolute atomic E-state index is 13.1. The van der Waals surface area contributed by atoms with Crippen molar-refractivity contribution in [2.45, 2.75) is 19.8 Å². The molecule has 3 aromatic heterocycles. The summed E-state index contributed by atoms with van der Waals surface area (Å²) in [7, 11) is 0. The second-order valence-corrected chi connectivity index (χ2v) is 7.50. The number of para-hydroxylation sites is 2. The Morgan fingerprint density at radius 2 is 1.84 bits per heavy atom. The summed E-state index contributed by atoms with van der Waals surface area (Å²) in [5, 5.41) is 7.61. The minimum Gasteiger partial charge on any atom is -0.440 e. The fourth-order valence-corrected chi connectivity index (χ4v) is 3.56. The third-order valence-corrected chi connectivity index (χ3v) is 5.23. The standard InChI is InChI=1S/C24H20N4O3/c1-14(23-26-18-10-6-7-11-20(18)30-23)13-25-22(29)17-12-19(16-8-4-3-5-9-16)27-24-21(17)15(2)28-31-24/h3-12,14H,13H2,1-2H3,(H,25,29). The largest absolute Gasteiger partial charge is 0.440 e. The highest BCUT2D eigenvalue weighted by atomic mass is 16.5. The van der Waals surface area contributed by atoms with Crippen molar-refractivity contribution in [3.8, 4) is 11.3 Å². The first kappa shape index (κ1) is 19.0. The summed E-state index contributed by atoms with van der Waals surface area (Å²) >= 11 is 0. The predicted molar refractivity (Wildman–Crippen MR) is 117 cm³/mol. The number of amides is 1. The highest BCUT2D eigenvalue weighted by Gasteiger charge is 2.21. The molecule has 0 aliphatic heterocycles. The molecule has 5 rings (SSSR count). The number of carbonyl (C=O) groups is 1. The first-order chi connectivity index (χ1) is 15.1. The van der Waals surface area contributed by atoms with Gasteiger partial charge in [0.15, 0.2) is 11.5 Å². The van der Waals surface area contributed by atoms with Crippen molar-refractivity contribution >= 4 is 28.1 Å². The fourth-order valence-electron chi connectivity index (χ4n) is 3.56. The zero-order valence-electron chi connectivity index (χ0n) is 17.1. The number of benzene rings is 2. The van der Waals surface area contributed by atoms with Crippen molar-refractivity contribution in [3.63, 3.8) is 0 Å².